The molecule has 0 unspecified atom stereocenters. The number of aromatic nitrogens is 1. The van der Waals surface area contributed by atoms with Crippen molar-refractivity contribution < 1.29 is 9.53 Å². The predicted molar refractivity (Wildman–Crippen MR) is 134 cm³/mol. The molecule has 1 amide bonds. The van der Waals surface area contributed by atoms with Gasteiger partial charge in [0.2, 0.25) is 5.91 Å². The van der Waals surface area contributed by atoms with Crippen LogP contribution >= 0.6 is 11.8 Å². The Kier molecular flexibility index (Phi) is 8.35. The monoisotopic (exact) mass is 462 g/mol. The average molecular weight is 463 g/mol. The Bertz CT molecular complexity index is 1020. The van der Waals surface area contributed by atoms with Gasteiger partial charge < -0.3 is 10.1 Å². The highest BCUT2D eigenvalue weighted by molar-refractivity contribution is 7.98. The van der Waals surface area contributed by atoms with Crippen molar-refractivity contribution in [1.82, 2.24) is 14.8 Å². The molecule has 0 radical (unpaired) electrons. The van der Waals surface area contributed by atoms with Gasteiger partial charge in [-0.25, -0.2) is 4.98 Å². The number of nitrogens with one attached hydrogen (secondary N) is 1. The molecule has 4 rings (SSSR count). The van der Waals surface area contributed by atoms with Gasteiger partial charge in [0.1, 0.15) is 5.75 Å². The number of nitrogens with zero attached hydrogens (tertiary/aromatic N) is 3. The van der Waals surface area contributed by atoms with E-state index in [2.05, 4.69) is 38.3 Å². The molecule has 2 heterocycles. The summed E-state index contributed by atoms with van der Waals surface area (Å²) in [6, 6.07) is 22.2. The van der Waals surface area contributed by atoms with Crippen LogP contribution in [-0.4, -0.2) is 60.5 Å². The van der Waals surface area contributed by atoms with Crippen LogP contribution in [0.15, 0.2) is 78.0 Å². The molecule has 1 saturated heterocycles. The van der Waals surface area contributed by atoms with Gasteiger partial charge in [-0.15, -0.1) is 11.8 Å². The first kappa shape index (κ1) is 23.3. The zero-order valence-electron chi connectivity index (χ0n) is 18.9. The minimum absolute atomic E-state index is 0.0353. The van der Waals surface area contributed by atoms with Crippen molar-refractivity contribution in [1.29, 1.82) is 0 Å². The topological polar surface area (TPSA) is 57.7 Å². The first-order valence-electron chi connectivity index (χ1n) is 11.2. The van der Waals surface area contributed by atoms with Crippen molar-refractivity contribution in [2.75, 3.05) is 45.2 Å². The fourth-order valence-corrected chi connectivity index (χ4v) is 4.63. The van der Waals surface area contributed by atoms with E-state index in [0.29, 0.717) is 6.54 Å². The molecule has 1 aliphatic heterocycles. The Morgan fingerprint density at radius 3 is 2.48 bits per heavy atom. The molecule has 1 N–H and O–H groups in total. The van der Waals surface area contributed by atoms with E-state index < -0.39 is 0 Å². The third-order valence-corrected chi connectivity index (χ3v) is 6.65. The Labute approximate surface area is 200 Å². The van der Waals surface area contributed by atoms with Crippen molar-refractivity contribution >= 4 is 23.4 Å². The minimum Gasteiger partial charge on any atom is -0.497 e. The summed E-state index contributed by atoms with van der Waals surface area (Å²) in [5.41, 5.74) is 3.29. The second-order valence-corrected chi connectivity index (χ2v) is 9.10. The smallest absolute Gasteiger partial charge is 0.238 e. The highest BCUT2D eigenvalue weighted by Gasteiger charge is 2.19. The molecule has 7 heteroatoms. The summed E-state index contributed by atoms with van der Waals surface area (Å²) < 4.78 is 5.23. The maximum Gasteiger partial charge on any atom is 0.238 e. The molecule has 1 aliphatic rings. The Balaban J connectivity index is 1.20. The second kappa shape index (κ2) is 11.8. The van der Waals surface area contributed by atoms with E-state index in [1.807, 2.05) is 48.5 Å². The summed E-state index contributed by atoms with van der Waals surface area (Å²) in [6.45, 7) is 5.05. The highest BCUT2D eigenvalue weighted by Crippen LogP contribution is 2.22. The lowest BCUT2D eigenvalue weighted by Crippen LogP contribution is -2.48. The van der Waals surface area contributed by atoms with Crippen molar-refractivity contribution in [3.63, 3.8) is 0 Å². The van der Waals surface area contributed by atoms with Gasteiger partial charge in [-0.3, -0.25) is 14.6 Å². The SMILES string of the molecule is COc1ccc(CN2CCN(CC(=O)Nc3cccc(CSc4ccccn4)c3)CC2)cc1. The van der Waals surface area contributed by atoms with Gasteiger partial charge in [0.15, 0.2) is 0 Å². The van der Waals surface area contributed by atoms with Crippen LogP contribution in [0.1, 0.15) is 11.1 Å². The van der Waals surface area contributed by atoms with Gasteiger partial charge in [0, 0.05) is 50.4 Å². The maximum absolute atomic E-state index is 12.6. The number of amides is 1. The van der Waals surface area contributed by atoms with E-state index in [4.69, 9.17) is 4.74 Å². The number of benzene rings is 2. The zero-order chi connectivity index (χ0) is 22.9. The van der Waals surface area contributed by atoms with Crippen molar-refractivity contribution in [3.8, 4) is 5.75 Å². The van der Waals surface area contributed by atoms with E-state index in [9.17, 15) is 4.79 Å². The number of hydrogen-bond acceptors (Lipinski definition) is 6. The van der Waals surface area contributed by atoms with Gasteiger partial charge in [0.25, 0.3) is 0 Å². The fourth-order valence-electron chi connectivity index (χ4n) is 3.83. The van der Waals surface area contributed by atoms with E-state index in [1.165, 1.54) is 5.56 Å². The molecule has 1 fully saturated rings. The normalized spacial score (nSPS) is 14.7. The summed E-state index contributed by atoms with van der Waals surface area (Å²) in [6.07, 6.45) is 1.80. The van der Waals surface area contributed by atoms with E-state index in [1.54, 1.807) is 25.1 Å². The Morgan fingerprint density at radius 2 is 1.76 bits per heavy atom. The number of rotatable bonds is 9. The van der Waals surface area contributed by atoms with Crippen LogP contribution in [-0.2, 0) is 17.1 Å². The van der Waals surface area contributed by atoms with Crippen LogP contribution < -0.4 is 10.1 Å². The summed E-state index contributed by atoms with van der Waals surface area (Å²) in [5.74, 6) is 1.73. The van der Waals surface area contributed by atoms with Crippen molar-refractivity contribution in [2.45, 2.75) is 17.3 Å². The second-order valence-electron chi connectivity index (χ2n) is 8.11. The zero-order valence-corrected chi connectivity index (χ0v) is 19.8. The Morgan fingerprint density at radius 1 is 0.970 bits per heavy atom. The third-order valence-electron chi connectivity index (χ3n) is 5.63. The van der Waals surface area contributed by atoms with Crippen LogP contribution in [0.2, 0.25) is 0 Å². The van der Waals surface area contributed by atoms with Gasteiger partial charge in [-0.1, -0.05) is 30.3 Å². The molecule has 0 aliphatic carbocycles. The lowest BCUT2D eigenvalue weighted by molar-refractivity contribution is -0.117. The molecule has 6 nitrogen and oxygen atoms in total. The van der Waals surface area contributed by atoms with Crippen molar-refractivity contribution in [2.24, 2.45) is 0 Å². The quantitative estimate of drug-likeness (QED) is 0.483. The number of carbonyl (C=O) groups is 1. The van der Waals surface area contributed by atoms with E-state index in [0.717, 1.165) is 60.5 Å². The van der Waals surface area contributed by atoms with Gasteiger partial charge in [-0.05, 0) is 47.5 Å². The average Bonchev–Trinajstić information content (AvgIpc) is 2.85. The molecule has 3 aromatic rings. The lowest BCUT2D eigenvalue weighted by Gasteiger charge is -2.34. The third kappa shape index (κ3) is 7.32. The first-order valence-corrected chi connectivity index (χ1v) is 12.2. The summed E-state index contributed by atoms with van der Waals surface area (Å²) in [5, 5.41) is 4.06. The highest BCUT2D eigenvalue weighted by atomic mass is 32.2. The number of thioether (sulfide) groups is 1. The Hall–Kier alpha value is -2.87. The minimum atomic E-state index is 0.0353. The molecule has 33 heavy (non-hydrogen) atoms. The number of carbonyl (C=O) groups excluding carboxylic acids is 1. The van der Waals surface area contributed by atoms with Gasteiger partial charge in [0.05, 0.1) is 18.7 Å². The van der Waals surface area contributed by atoms with E-state index >= 15 is 0 Å². The van der Waals surface area contributed by atoms with Crippen LogP contribution in [0, 0.1) is 0 Å². The van der Waals surface area contributed by atoms with Gasteiger partial charge in [-0.2, -0.15) is 0 Å². The summed E-state index contributed by atoms with van der Waals surface area (Å²) in [4.78, 5) is 21.6. The number of anilines is 1. The molecule has 0 spiro atoms. The molecule has 0 atom stereocenters. The van der Waals surface area contributed by atoms with Crippen LogP contribution in [0.25, 0.3) is 0 Å². The molecule has 0 bridgehead atoms. The number of methoxy groups -OCH3 is 1. The maximum atomic E-state index is 12.6. The summed E-state index contributed by atoms with van der Waals surface area (Å²) in [7, 11) is 1.68. The van der Waals surface area contributed by atoms with Crippen LogP contribution in [0.3, 0.4) is 0 Å². The predicted octanol–water partition coefficient (Wildman–Crippen LogP) is 4.14. The van der Waals surface area contributed by atoms with Crippen LogP contribution in [0.4, 0.5) is 5.69 Å². The van der Waals surface area contributed by atoms with Crippen LogP contribution in [0.5, 0.6) is 5.75 Å². The number of ether oxygens (including phenoxy) is 1. The van der Waals surface area contributed by atoms with E-state index in [-0.39, 0.29) is 5.91 Å². The van der Waals surface area contributed by atoms with Gasteiger partial charge >= 0.3 is 0 Å². The molecular weight excluding hydrogens is 432 g/mol. The lowest BCUT2D eigenvalue weighted by atomic mass is 10.2. The number of hydrogen-bond donors (Lipinski definition) is 1. The number of pyridine rings is 1. The largest absolute Gasteiger partial charge is 0.497 e. The molecule has 0 saturated carbocycles. The van der Waals surface area contributed by atoms with Crippen molar-refractivity contribution in [3.05, 3.63) is 84.1 Å². The molecular formula is C26H30N4O2S. The number of piperazine rings is 1. The molecule has 172 valence electrons. The standard InChI is InChI=1S/C26H30N4O2S/c1-32-24-10-8-21(9-11-24)18-29-13-15-30(16-14-29)19-25(31)28-23-6-4-5-22(17-23)20-33-26-7-2-3-12-27-26/h2-12,17H,13-16,18-20H2,1H3,(H,28,31). The first-order chi connectivity index (χ1) is 16.2. The molecule has 1 aromatic heterocycles. The summed E-state index contributed by atoms with van der Waals surface area (Å²) >= 11 is 1.69. The molecule has 2 aromatic carbocycles. The fraction of sp³-hybridized carbons (Fsp3) is 0.308.